The molecule has 0 bridgehead atoms. The third kappa shape index (κ3) is 4.06. The Morgan fingerprint density at radius 3 is 2.50 bits per heavy atom. The van der Waals surface area contributed by atoms with Crippen LogP contribution in [0.1, 0.15) is 56.5 Å². The van der Waals surface area contributed by atoms with Gasteiger partial charge in [0.05, 0.1) is 5.71 Å². The summed E-state index contributed by atoms with van der Waals surface area (Å²) in [4.78, 5) is 0. The molecule has 0 fully saturated rings. The second-order valence-corrected chi connectivity index (χ2v) is 7.16. The lowest BCUT2D eigenvalue weighted by atomic mass is 10.0. The van der Waals surface area contributed by atoms with Gasteiger partial charge in [-0.3, -0.25) is 5.43 Å². The van der Waals surface area contributed by atoms with Crippen LogP contribution >= 0.6 is 0 Å². The van der Waals surface area contributed by atoms with E-state index in [-0.39, 0.29) is 12.8 Å². The first-order valence-corrected chi connectivity index (χ1v) is 10.7. The molecule has 0 radical (unpaired) electrons. The van der Waals surface area contributed by atoms with Crippen LogP contribution in [-0.4, -0.2) is 12.5 Å². The van der Waals surface area contributed by atoms with Crippen LogP contribution < -0.4 is 14.9 Å². The van der Waals surface area contributed by atoms with Crippen molar-refractivity contribution >= 4 is 5.71 Å². The summed E-state index contributed by atoms with van der Waals surface area (Å²) in [5.74, 6) is 3.34. The van der Waals surface area contributed by atoms with Gasteiger partial charge in [-0.05, 0) is 42.3 Å². The molecule has 5 heteroatoms. The molecule has 5 nitrogen and oxygen atoms in total. The maximum absolute atomic E-state index is 6.13. The Morgan fingerprint density at radius 1 is 0.933 bits per heavy atom. The van der Waals surface area contributed by atoms with E-state index in [2.05, 4.69) is 41.7 Å². The van der Waals surface area contributed by atoms with Crippen LogP contribution in [0, 0.1) is 0 Å². The first kappa shape index (κ1) is 20.1. The van der Waals surface area contributed by atoms with Crippen LogP contribution in [0.4, 0.5) is 0 Å². The zero-order valence-electron chi connectivity index (χ0n) is 17.8. The molecule has 2 aliphatic heterocycles. The largest absolute Gasteiger partial charge is 0.459 e. The molecule has 1 aromatic heterocycles. The molecule has 0 amide bonds. The third-order valence-corrected chi connectivity index (χ3v) is 5.21. The molecule has 3 aromatic rings. The van der Waals surface area contributed by atoms with Gasteiger partial charge >= 0.3 is 0 Å². The normalized spacial score (nSPS) is 16.5. The van der Waals surface area contributed by atoms with Crippen molar-refractivity contribution in [2.24, 2.45) is 5.10 Å². The Morgan fingerprint density at radius 2 is 1.70 bits per heavy atom. The minimum atomic E-state index is 0.0357. The van der Waals surface area contributed by atoms with Crippen LogP contribution in [0.2, 0.25) is 0 Å². The van der Waals surface area contributed by atoms with Gasteiger partial charge in [0.15, 0.2) is 11.5 Å². The van der Waals surface area contributed by atoms with Crippen LogP contribution in [0.15, 0.2) is 64.1 Å². The van der Waals surface area contributed by atoms with E-state index >= 15 is 0 Å². The van der Waals surface area contributed by atoms with Crippen molar-refractivity contribution < 1.29 is 13.9 Å². The zero-order valence-corrected chi connectivity index (χ0v) is 17.8. The number of furan rings is 1. The van der Waals surface area contributed by atoms with Gasteiger partial charge < -0.3 is 13.9 Å². The molecule has 0 saturated carbocycles. The molecule has 0 spiro atoms. The molecular weight excluding hydrogens is 376 g/mol. The minimum Gasteiger partial charge on any atom is -0.459 e. The first-order valence-electron chi connectivity index (χ1n) is 10.7. The monoisotopic (exact) mass is 404 g/mol. The fraction of sp³-hybridized carbons (Fsp3) is 0.320. The molecule has 0 saturated heterocycles. The summed E-state index contributed by atoms with van der Waals surface area (Å²) in [5.41, 5.74) is 7.69. The van der Waals surface area contributed by atoms with Gasteiger partial charge in [-0.2, -0.15) is 5.10 Å². The summed E-state index contributed by atoms with van der Waals surface area (Å²) in [6.45, 7) is 6.47. The van der Waals surface area contributed by atoms with Crippen molar-refractivity contribution in [3.05, 3.63) is 71.5 Å². The highest BCUT2D eigenvalue weighted by atomic mass is 16.7. The number of rotatable bonds is 5. The number of hydrogen-bond donors (Lipinski definition) is 1. The fourth-order valence-corrected chi connectivity index (χ4v) is 3.68. The molecule has 2 aliphatic rings. The third-order valence-electron chi connectivity index (χ3n) is 5.21. The van der Waals surface area contributed by atoms with E-state index in [9.17, 15) is 0 Å². The summed E-state index contributed by atoms with van der Waals surface area (Å²) < 4.78 is 17.0. The number of nitrogens with zero attached hydrogens (tertiary/aromatic N) is 1. The van der Waals surface area contributed by atoms with E-state index in [1.807, 2.05) is 44.2 Å². The minimum absolute atomic E-state index is 0.0357. The molecule has 1 unspecified atom stereocenters. The highest BCUT2D eigenvalue weighted by Crippen LogP contribution is 2.35. The highest BCUT2D eigenvalue weighted by Gasteiger charge is 2.25. The highest BCUT2D eigenvalue weighted by molar-refractivity contribution is 6.02. The van der Waals surface area contributed by atoms with Crippen molar-refractivity contribution in [1.29, 1.82) is 0 Å². The number of fused-ring (bicyclic) bond motifs is 1. The van der Waals surface area contributed by atoms with Gasteiger partial charge in [0.1, 0.15) is 17.6 Å². The molecule has 3 heterocycles. The Kier molecular flexibility index (Phi) is 6.07. The van der Waals surface area contributed by atoms with Gasteiger partial charge in [-0.1, -0.05) is 51.5 Å². The number of hydrogen-bond acceptors (Lipinski definition) is 5. The molecular formula is C25H28N2O3. The maximum atomic E-state index is 6.13. The molecule has 30 heavy (non-hydrogen) atoms. The lowest BCUT2D eigenvalue weighted by molar-refractivity contribution is 0.174. The van der Waals surface area contributed by atoms with Crippen LogP contribution in [-0.2, 0) is 6.42 Å². The van der Waals surface area contributed by atoms with E-state index < -0.39 is 0 Å². The van der Waals surface area contributed by atoms with Crippen LogP contribution in [0.3, 0.4) is 0 Å². The van der Waals surface area contributed by atoms with Crippen molar-refractivity contribution in [2.45, 2.75) is 46.1 Å². The molecule has 5 rings (SSSR count). The number of ether oxygens (including phenoxy) is 2. The van der Waals surface area contributed by atoms with Gasteiger partial charge in [0.25, 0.3) is 0 Å². The maximum Gasteiger partial charge on any atom is 0.231 e. The summed E-state index contributed by atoms with van der Waals surface area (Å²) >= 11 is 0. The fourth-order valence-electron chi connectivity index (χ4n) is 3.68. The van der Waals surface area contributed by atoms with Gasteiger partial charge in [-0.25, -0.2) is 0 Å². The second-order valence-electron chi connectivity index (χ2n) is 7.16. The number of hydrazone groups is 1. The Bertz CT molecular complexity index is 1020. The lowest BCUT2D eigenvalue weighted by Gasteiger charge is -2.07. The molecule has 1 N–H and O–H groups in total. The lowest BCUT2D eigenvalue weighted by Crippen LogP contribution is -2.08. The predicted octanol–water partition coefficient (Wildman–Crippen LogP) is 6.09. The standard InChI is InChI=1S/C23H22N2O3.C2H6/c1-2-3-15-4-6-16(7-5-15)20-10-11-21(28-20)19-13-18(24-25-19)17-8-9-22-23(12-17)27-14-26-22;1-2/h4-12,19,25H,2-3,13-14H2,1H3;1-2H3. The summed E-state index contributed by atoms with van der Waals surface area (Å²) in [5, 5.41) is 4.51. The van der Waals surface area contributed by atoms with E-state index in [1.54, 1.807) is 0 Å². The number of aryl methyl sites for hydroxylation is 1. The van der Waals surface area contributed by atoms with Gasteiger partial charge in [-0.15, -0.1) is 0 Å². The Hall–Kier alpha value is -3.21. The molecule has 1 atom stereocenters. The van der Waals surface area contributed by atoms with Crippen molar-refractivity contribution in [2.75, 3.05) is 6.79 Å². The molecule has 156 valence electrons. The summed E-state index contributed by atoms with van der Waals surface area (Å²) in [6, 6.07) is 18.6. The average molecular weight is 405 g/mol. The SMILES string of the molecule is CC.CCCc1ccc(-c2ccc(C3CC(c4ccc5c(c4)OCO5)=NN3)o2)cc1. The summed E-state index contributed by atoms with van der Waals surface area (Å²) in [7, 11) is 0. The Balaban J connectivity index is 0.00000106. The number of benzene rings is 2. The summed E-state index contributed by atoms with van der Waals surface area (Å²) in [6.07, 6.45) is 3.03. The smallest absolute Gasteiger partial charge is 0.231 e. The van der Waals surface area contributed by atoms with E-state index in [1.165, 1.54) is 5.56 Å². The van der Waals surface area contributed by atoms with E-state index in [4.69, 9.17) is 13.9 Å². The quantitative estimate of drug-likeness (QED) is 0.559. The zero-order chi connectivity index (χ0) is 20.9. The molecule has 2 aromatic carbocycles. The average Bonchev–Trinajstić information content (AvgIpc) is 3.55. The van der Waals surface area contributed by atoms with Crippen LogP contribution in [0.5, 0.6) is 11.5 Å². The van der Waals surface area contributed by atoms with Gasteiger partial charge in [0, 0.05) is 17.5 Å². The van der Waals surface area contributed by atoms with Crippen molar-refractivity contribution in [1.82, 2.24) is 5.43 Å². The van der Waals surface area contributed by atoms with Crippen molar-refractivity contribution in [3.8, 4) is 22.8 Å². The Labute approximate surface area is 177 Å². The topological polar surface area (TPSA) is 56.0 Å². The predicted molar refractivity (Wildman–Crippen MR) is 119 cm³/mol. The number of nitrogens with one attached hydrogen (secondary N) is 1. The van der Waals surface area contributed by atoms with E-state index in [0.717, 1.165) is 59.1 Å². The first-order chi connectivity index (χ1) is 14.8. The second kappa shape index (κ2) is 9.08. The van der Waals surface area contributed by atoms with Gasteiger partial charge in [0.2, 0.25) is 6.79 Å². The van der Waals surface area contributed by atoms with Crippen molar-refractivity contribution in [3.63, 3.8) is 0 Å². The van der Waals surface area contributed by atoms with E-state index in [0.29, 0.717) is 0 Å². The molecule has 0 aliphatic carbocycles. The van der Waals surface area contributed by atoms with Crippen LogP contribution in [0.25, 0.3) is 11.3 Å².